The van der Waals surface area contributed by atoms with Crippen LogP contribution < -0.4 is 9.74 Å². The van der Waals surface area contributed by atoms with Gasteiger partial charge in [0, 0.05) is 11.3 Å². The van der Waals surface area contributed by atoms with Gasteiger partial charge in [0.15, 0.2) is 11.5 Å². The Kier molecular flexibility index (Phi) is 4.52. The number of aryl methyl sites for hydroxylation is 1. The molecule has 2 N–H and O–H groups in total. The van der Waals surface area contributed by atoms with E-state index in [2.05, 4.69) is 4.18 Å². The van der Waals surface area contributed by atoms with Crippen LogP contribution in [0, 0.1) is 12.8 Å². The number of aromatic nitrogens is 1. The van der Waals surface area contributed by atoms with Crippen molar-refractivity contribution in [3.8, 4) is 5.75 Å². The number of Topliss-reactive ketones (excluding diaryl/α,β-unsaturated/α-hetero) is 1. The number of H-pyrrole nitrogens is 1. The third-order valence-corrected chi connectivity index (χ3v) is 4.80. The molecule has 1 saturated carbocycles. The largest absolute Gasteiger partial charge is 0.446 e. The van der Waals surface area contributed by atoms with E-state index < -0.39 is 66.6 Å². The second kappa shape index (κ2) is 6.21. The van der Waals surface area contributed by atoms with Crippen LogP contribution in [-0.2, 0) is 16.6 Å². The molecule has 1 aromatic heterocycles. The van der Waals surface area contributed by atoms with Crippen LogP contribution in [0.4, 0.5) is 13.2 Å². The molecule has 0 spiro atoms. The number of halogens is 4. The Morgan fingerprint density at radius 2 is 1.96 bits per heavy atom. The van der Waals surface area contributed by atoms with Crippen LogP contribution in [0.2, 0.25) is 5.02 Å². The number of carbonyl (C=O) groups is 1. The average molecular weight is 426 g/mol. The van der Waals surface area contributed by atoms with E-state index in [9.17, 15) is 31.2 Å². The van der Waals surface area contributed by atoms with Gasteiger partial charge < -0.3 is 9.17 Å². The number of ketones is 1. The maximum Gasteiger partial charge on any atom is 0.446 e. The summed E-state index contributed by atoms with van der Waals surface area (Å²) in [5.41, 5.74) is -3.82. The summed E-state index contributed by atoms with van der Waals surface area (Å²) < 4.78 is 75.6. The zero-order chi connectivity index (χ0) is 20.3. The minimum absolute atomic E-state index is 0.225. The number of rotatable bonds is 4. The van der Waals surface area contributed by atoms with E-state index in [-0.39, 0.29) is 5.56 Å². The smallest absolute Gasteiger partial charge is 0.359 e. The molecule has 2 aromatic rings. The molecular formula is C15H11ClF3NO6S. The zero-order valence-electron chi connectivity index (χ0n) is 13.5. The minimum atomic E-state index is -5.15. The topological polar surface area (TPSA) is 114 Å². The summed E-state index contributed by atoms with van der Waals surface area (Å²) in [5.74, 6) is -1.81. The van der Waals surface area contributed by atoms with Crippen LogP contribution in [0.25, 0.3) is 10.9 Å². The van der Waals surface area contributed by atoms with Crippen molar-refractivity contribution in [2.24, 2.45) is 5.92 Å². The Balaban J connectivity index is 2.48. The number of fused-ring (bicyclic) bond motifs is 1. The first-order valence-electron chi connectivity index (χ1n) is 7.48. The number of aromatic amines is 1. The number of benzene rings is 1. The van der Waals surface area contributed by atoms with Crippen LogP contribution in [0.5, 0.6) is 5.75 Å². The lowest BCUT2D eigenvalue weighted by Gasteiger charge is -2.17. The number of nitrogens with one attached hydrogen (secondary N) is 1. The van der Waals surface area contributed by atoms with Crippen LogP contribution in [0.3, 0.4) is 0 Å². The highest BCUT2D eigenvalue weighted by Gasteiger charge is 2.38. The predicted octanol–water partition coefficient (Wildman–Crippen LogP) is 3.28. The first kappa shape index (κ1) is 19.6. The zero-order valence-corrected chi connectivity index (χ0v) is 15.0. The molecule has 146 valence electrons. The highest BCUT2D eigenvalue weighted by Crippen LogP contribution is 2.44. The van der Waals surface area contributed by atoms with E-state index in [1.54, 1.807) is 0 Å². The first-order valence-corrected chi connectivity index (χ1v) is 9.23. The van der Waals surface area contributed by atoms with Crippen LogP contribution in [0.1, 0.15) is 34.3 Å². The molecule has 0 atom stereocenters. The summed E-state index contributed by atoms with van der Waals surface area (Å²) in [4.78, 5) is 26.7. The number of pyridine rings is 1. The Morgan fingerprint density at radius 1 is 1.37 bits per heavy atom. The highest BCUT2D eigenvalue weighted by atomic mass is 35.5. The summed E-state index contributed by atoms with van der Waals surface area (Å²) >= 11 is 5.76. The van der Waals surface area contributed by atoms with Crippen LogP contribution >= 0.6 is 11.6 Å². The number of alkyl halides is 3. The van der Waals surface area contributed by atoms with Gasteiger partial charge >= 0.3 is 16.6 Å². The van der Waals surface area contributed by atoms with Crippen molar-refractivity contribution in [3.63, 3.8) is 0 Å². The SMILES string of the molecule is Cc1c(C(=O)C2CC2)c(=O)[nH]c2c(C(F)(F)F)cc(Cl)c(OS(=O)(=O)O)c12. The molecule has 0 unspecified atom stereocenters. The summed E-state index contributed by atoms with van der Waals surface area (Å²) in [6.45, 7) is 1.18. The van der Waals surface area contributed by atoms with Gasteiger partial charge in [-0.25, -0.2) is 0 Å². The van der Waals surface area contributed by atoms with Crippen molar-refractivity contribution in [2.75, 3.05) is 0 Å². The fourth-order valence-electron chi connectivity index (χ4n) is 2.85. The maximum absolute atomic E-state index is 13.4. The van der Waals surface area contributed by atoms with E-state index in [1.165, 1.54) is 6.92 Å². The summed E-state index contributed by atoms with van der Waals surface area (Å²) in [6.07, 6.45) is -3.88. The van der Waals surface area contributed by atoms with Crippen molar-refractivity contribution < 1.29 is 35.1 Å². The second-order valence-electron chi connectivity index (χ2n) is 6.09. The quantitative estimate of drug-likeness (QED) is 0.574. The standard InChI is InChI=1S/C15H11ClF3NO6S/c1-5-9-11(20-14(22)10(5)12(21)6-2-3-6)7(15(17,18)19)4-8(16)13(9)26-27(23,24)25/h4,6H,2-3H2,1H3,(H,20,22)(H,23,24,25). The van der Waals surface area contributed by atoms with E-state index in [4.69, 9.17) is 16.2 Å². The first-order chi connectivity index (χ1) is 12.3. The van der Waals surface area contributed by atoms with E-state index in [0.717, 1.165) is 0 Å². The average Bonchev–Trinajstić information content (AvgIpc) is 3.31. The number of hydrogen-bond acceptors (Lipinski definition) is 5. The molecule has 0 bridgehead atoms. The van der Waals surface area contributed by atoms with Gasteiger partial charge in [-0.15, -0.1) is 0 Å². The lowest BCUT2D eigenvalue weighted by molar-refractivity contribution is -0.136. The summed E-state index contributed by atoms with van der Waals surface area (Å²) in [7, 11) is -5.15. The molecule has 0 aliphatic heterocycles. The molecule has 1 aliphatic carbocycles. The lowest BCUT2D eigenvalue weighted by atomic mass is 9.97. The van der Waals surface area contributed by atoms with Crippen molar-refractivity contribution >= 4 is 38.7 Å². The summed E-state index contributed by atoms with van der Waals surface area (Å²) in [5, 5.41) is -1.30. The third-order valence-electron chi connectivity index (χ3n) is 4.14. The lowest BCUT2D eigenvalue weighted by Crippen LogP contribution is -2.23. The molecule has 1 fully saturated rings. The molecule has 12 heteroatoms. The molecule has 1 aliphatic rings. The van der Waals surface area contributed by atoms with Crippen LogP contribution in [-0.4, -0.2) is 23.7 Å². The molecular weight excluding hydrogens is 415 g/mol. The van der Waals surface area contributed by atoms with E-state index in [1.807, 2.05) is 4.98 Å². The predicted molar refractivity (Wildman–Crippen MR) is 88.5 cm³/mol. The number of carbonyl (C=O) groups excluding carboxylic acids is 1. The normalized spacial score (nSPS) is 15.2. The second-order valence-corrected chi connectivity index (χ2v) is 7.52. The van der Waals surface area contributed by atoms with Gasteiger partial charge in [0.05, 0.1) is 21.7 Å². The minimum Gasteiger partial charge on any atom is -0.359 e. The fraction of sp³-hybridized carbons (Fsp3) is 0.333. The maximum atomic E-state index is 13.4. The molecule has 7 nitrogen and oxygen atoms in total. The number of hydrogen-bond donors (Lipinski definition) is 2. The molecule has 0 saturated heterocycles. The Morgan fingerprint density at radius 3 is 2.44 bits per heavy atom. The monoisotopic (exact) mass is 425 g/mol. The molecule has 27 heavy (non-hydrogen) atoms. The Bertz CT molecular complexity index is 1140. The van der Waals surface area contributed by atoms with Gasteiger partial charge in [-0.3, -0.25) is 14.1 Å². The van der Waals surface area contributed by atoms with Gasteiger partial charge in [-0.05, 0) is 31.4 Å². The summed E-state index contributed by atoms with van der Waals surface area (Å²) in [6, 6.07) is 0.363. The Labute approximate surface area is 155 Å². The third kappa shape index (κ3) is 3.66. The fourth-order valence-corrected chi connectivity index (χ4v) is 3.52. The van der Waals surface area contributed by atoms with Gasteiger partial charge in [0.25, 0.3) is 5.56 Å². The molecule has 1 heterocycles. The van der Waals surface area contributed by atoms with Crippen molar-refractivity contribution in [1.82, 2.24) is 4.98 Å². The van der Waals surface area contributed by atoms with E-state index in [0.29, 0.717) is 18.9 Å². The van der Waals surface area contributed by atoms with Crippen molar-refractivity contribution in [3.05, 3.63) is 38.1 Å². The van der Waals surface area contributed by atoms with Crippen LogP contribution in [0.15, 0.2) is 10.9 Å². The van der Waals surface area contributed by atoms with Gasteiger partial charge in [-0.2, -0.15) is 21.6 Å². The van der Waals surface area contributed by atoms with Crippen molar-refractivity contribution in [1.29, 1.82) is 0 Å². The molecule has 0 radical (unpaired) electrons. The van der Waals surface area contributed by atoms with Crippen molar-refractivity contribution in [2.45, 2.75) is 25.9 Å². The Hall–Kier alpha value is -2.11. The highest BCUT2D eigenvalue weighted by molar-refractivity contribution is 7.81. The molecule has 1 aromatic carbocycles. The van der Waals surface area contributed by atoms with Gasteiger partial charge in [0.1, 0.15) is 0 Å². The van der Waals surface area contributed by atoms with Gasteiger partial charge in [-0.1, -0.05) is 11.6 Å². The molecule has 0 amide bonds. The van der Waals surface area contributed by atoms with Gasteiger partial charge in [0.2, 0.25) is 0 Å². The molecule has 3 rings (SSSR count). The van der Waals surface area contributed by atoms with E-state index >= 15 is 0 Å².